The van der Waals surface area contributed by atoms with Gasteiger partial charge in [-0.15, -0.1) is 0 Å². The van der Waals surface area contributed by atoms with E-state index >= 15 is 0 Å². The number of rotatable bonds is 4. The third kappa shape index (κ3) is 4.48. The van der Waals surface area contributed by atoms with E-state index in [1.54, 1.807) is 6.08 Å². The standard InChI is InChI=1S/C24H29N3O3/c1-17-5-7-19(8-6-17)9-10-21(28)26-15-11-20(12-16-26)23-25-22(18(2)30-23)24(29)27-13-3-4-14-27/h5-10,20H,3-4,11-16H2,1-2H3/b10-9+. The maximum absolute atomic E-state index is 12.7. The Bertz CT molecular complexity index is 931. The van der Waals surface area contributed by atoms with Crippen molar-refractivity contribution in [3.05, 3.63) is 58.8 Å². The number of carbonyl (C=O) groups is 2. The van der Waals surface area contributed by atoms with Crippen LogP contribution in [0.2, 0.25) is 0 Å². The van der Waals surface area contributed by atoms with E-state index in [9.17, 15) is 9.59 Å². The number of benzene rings is 1. The van der Waals surface area contributed by atoms with Gasteiger partial charge in [0.2, 0.25) is 5.91 Å². The maximum atomic E-state index is 12.7. The number of nitrogens with zero attached hydrogens (tertiary/aromatic N) is 3. The highest BCUT2D eigenvalue weighted by Crippen LogP contribution is 2.29. The fraction of sp³-hybridized carbons (Fsp3) is 0.458. The molecule has 1 aromatic heterocycles. The smallest absolute Gasteiger partial charge is 0.276 e. The lowest BCUT2D eigenvalue weighted by Crippen LogP contribution is -2.37. The van der Waals surface area contributed by atoms with Gasteiger partial charge in [-0.25, -0.2) is 4.98 Å². The number of likely N-dealkylation sites (tertiary alicyclic amines) is 2. The number of oxazole rings is 1. The summed E-state index contributed by atoms with van der Waals surface area (Å²) < 4.78 is 5.87. The Morgan fingerprint density at radius 3 is 2.33 bits per heavy atom. The molecule has 0 bridgehead atoms. The normalized spacial score (nSPS) is 17.8. The molecule has 0 aliphatic carbocycles. The molecule has 3 heterocycles. The summed E-state index contributed by atoms with van der Waals surface area (Å²) in [5.41, 5.74) is 2.67. The average Bonchev–Trinajstić information content (AvgIpc) is 3.43. The highest BCUT2D eigenvalue weighted by molar-refractivity contribution is 5.93. The summed E-state index contributed by atoms with van der Waals surface area (Å²) in [5, 5.41) is 0. The highest BCUT2D eigenvalue weighted by Gasteiger charge is 2.30. The van der Waals surface area contributed by atoms with Crippen molar-refractivity contribution in [3.63, 3.8) is 0 Å². The van der Waals surface area contributed by atoms with Crippen molar-refractivity contribution >= 4 is 17.9 Å². The molecule has 2 aliphatic heterocycles. The van der Waals surface area contributed by atoms with Crippen LogP contribution >= 0.6 is 0 Å². The molecule has 2 amide bonds. The van der Waals surface area contributed by atoms with Crippen LogP contribution in [0, 0.1) is 13.8 Å². The van der Waals surface area contributed by atoms with Gasteiger partial charge < -0.3 is 14.2 Å². The average molecular weight is 408 g/mol. The third-order valence-corrected chi connectivity index (χ3v) is 6.06. The molecule has 2 saturated heterocycles. The van der Waals surface area contributed by atoms with Crippen LogP contribution in [0.5, 0.6) is 0 Å². The minimum atomic E-state index is -0.0196. The molecule has 0 unspecified atom stereocenters. The summed E-state index contributed by atoms with van der Waals surface area (Å²) in [5.74, 6) is 1.39. The van der Waals surface area contributed by atoms with Crippen molar-refractivity contribution in [1.29, 1.82) is 0 Å². The predicted molar refractivity (Wildman–Crippen MR) is 115 cm³/mol. The van der Waals surface area contributed by atoms with E-state index in [1.165, 1.54) is 5.56 Å². The molecule has 0 atom stereocenters. The zero-order chi connectivity index (χ0) is 21.1. The van der Waals surface area contributed by atoms with Crippen molar-refractivity contribution in [2.24, 2.45) is 0 Å². The van der Waals surface area contributed by atoms with Gasteiger partial charge in [0.15, 0.2) is 11.6 Å². The van der Waals surface area contributed by atoms with Gasteiger partial charge in [-0.3, -0.25) is 9.59 Å². The lowest BCUT2D eigenvalue weighted by Gasteiger charge is -2.29. The zero-order valence-corrected chi connectivity index (χ0v) is 17.8. The molecule has 2 aromatic rings. The summed E-state index contributed by atoms with van der Waals surface area (Å²) in [6, 6.07) is 8.10. The topological polar surface area (TPSA) is 66.7 Å². The summed E-state index contributed by atoms with van der Waals surface area (Å²) in [6.45, 7) is 6.79. The van der Waals surface area contributed by atoms with Crippen LogP contribution < -0.4 is 0 Å². The monoisotopic (exact) mass is 407 g/mol. The van der Waals surface area contributed by atoms with Gasteiger partial charge >= 0.3 is 0 Å². The zero-order valence-electron chi connectivity index (χ0n) is 17.8. The molecule has 2 aliphatic rings. The molecule has 6 nitrogen and oxygen atoms in total. The van der Waals surface area contributed by atoms with Crippen LogP contribution in [0.3, 0.4) is 0 Å². The summed E-state index contributed by atoms with van der Waals surface area (Å²) in [6.07, 6.45) is 7.21. The number of amides is 2. The van der Waals surface area contributed by atoms with Gasteiger partial charge in [0.1, 0.15) is 5.76 Å². The third-order valence-electron chi connectivity index (χ3n) is 6.06. The van der Waals surface area contributed by atoms with Gasteiger partial charge in [-0.1, -0.05) is 29.8 Å². The van der Waals surface area contributed by atoms with Gasteiger partial charge in [0, 0.05) is 38.2 Å². The van der Waals surface area contributed by atoms with Crippen molar-refractivity contribution in [2.45, 2.75) is 45.4 Å². The molecule has 0 N–H and O–H groups in total. The first-order chi connectivity index (χ1) is 14.5. The van der Waals surface area contributed by atoms with Crippen molar-refractivity contribution in [1.82, 2.24) is 14.8 Å². The molecule has 1 aromatic carbocycles. The molecule has 2 fully saturated rings. The molecule has 6 heteroatoms. The predicted octanol–water partition coefficient (Wildman–Crippen LogP) is 3.95. The van der Waals surface area contributed by atoms with E-state index in [-0.39, 0.29) is 17.7 Å². The fourth-order valence-electron chi connectivity index (χ4n) is 4.16. The minimum absolute atomic E-state index is 0.0196. The van der Waals surface area contributed by atoms with Crippen LogP contribution in [-0.2, 0) is 4.79 Å². The fourth-order valence-corrected chi connectivity index (χ4v) is 4.16. The lowest BCUT2D eigenvalue weighted by molar-refractivity contribution is -0.127. The Balaban J connectivity index is 1.34. The molecule has 0 radical (unpaired) electrons. The quantitative estimate of drug-likeness (QED) is 0.720. The van der Waals surface area contributed by atoms with Gasteiger partial charge in [-0.2, -0.15) is 0 Å². The number of hydrogen-bond acceptors (Lipinski definition) is 4. The summed E-state index contributed by atoms with van der Waals surface area (Å²) in [7, 11) is 0. The van der Waals surface area contributed by atoms with Crippen LogP contribution in [0.15, 0.2) is 34.8 Å². The van der Waals surface area contributed by atoms with E-state index in [0.717, 1.165) is 44.3 Å². The largest absolute Gasteiger partial charge is 0.445 e. The number of aryl methyl sites for hydroxylation is 2. The summed E-state index contributed by atoms with van der Waals surface area (Å²) >= 11 is 0. The van der Waals surface area contributed by atoms with E-state index in [4.69, 9.17) is 4.42 Å². The van der Waals surface area contributed by atoms with Crippen LogP contribution in [0.1, 0.15) is 64.9 Å². The Labute approximate surface area is 177 Å². The summed E-state index contributed by atoms with van der Waals surface area (Å²) in [4.78, 5) is 33.5. The number of hydrogen-bond donors (Lipinski definition) is 0. The lowest BCUT2D eigenvalue weighted by atomic mass is 9.96. The first-order valence-corrected chi connectivity index (χ1v) is 10.8. The molecule has 30 heavy (non-hydrogen) atoms. The Kier molecular flexibility index (Phi) is 6.02. The molecule has 4 rings (SSSR count). The van der Waals surface area contributed by atoms with Crippen molar-refractivity contribution in [2.75, 3.05) is 26.2 Å². The van der Waals surface area contributed by atoms with Gasteiger partial charge in [0.25, 0.3) is 5.91 Å². The minimum Gasteiger partial charge on any atom is -0.445 e. The molecule has 0 spiro atoms. The Morgan fingerprint density at radius 1 is 1.00 bits per heavy atom. The second-order valence-corrected chi connectivity index (χ2v) is 8.30. The van der Waals surface area contributed by atoms with Gasteiger partial charge in [0.05, 0.1) is 0 Å². The van der Waals surface area contributed by atoms with E-state index in [2.05, 4.69) is 4.98 Å². The van der Waals surface area contributed by atoms with Crippen LogP contribution in [0.25, 0.3) is 6.08 Å². The second-order valence-electron chi connectivity index (χ2n) is 8.30. The van der Waals surface area contributed by atoms with E-state index in [1.807, 2.05) is 54.0 Å². The number of carbonyl (C=O) groups excluding carboxylic acids is 2. The number of piperidine rings is 1. The van der Waals surface area contributed by atoms with Crippen LogP contribution in [-0.4, -0.2) is 52.8 Å². The SMILES string of the molecule is Cc1ccc(/C=C/C(=O)N2CCC(c3nc(C(=O)N4CCCC4)c(C)o3)CC2)cc1. The highest BCUT2D eigenvalue weighted by atomic mass is 16.4. The molecular formula is C24H29N3O3. The van der Waals surface area contributed by atoms with E-state index in [0.29, 0.717) is 30.4 Å². The second kappa shape index (κ2) is 8.86. The molecular weight excluding hydrogens is 378 g/mol. The van der Waals surface area contributed by atoms with Crippen LogP contribution in [0.4, 0.5) is 0 Å². The Hall–Kier alpha value is -2.89. The maximum Gasteiger partial charge on any atom is 0.276 e. The molecule has 0 saturated carbocycles. The number of aromatic nitrogens is 1. The molecule has 158 valence electrons. The van der Waals surface area contributed by atoms with Crippen molar-refractivity contribution in [3.8, 4) is 0 Å². The van der Waals surface area contributed by atoms with Gasteiger partial charge in [-0.05, 0) is 51.2 Å². The Morgan fingerprint density at radius 2 is 1.67 bits per heavy atom. The van der Waals surface area contributed by atoms with Crippen molar-refractivity contribution < 1.29 is 14.0 Å². The first kappa shape index (κ1) is 20.4. The van der Waals surface area contributed by atoms with E-state index < -0.39 is 0 Å². The first-order valence-electron chi connectivity index (χ1n) is 10.8.